The molecule has 0 bridgehead atoms. The largest absolute Gasteiger partial charge is 0.446 e. The lowest BCUT2D eigenvalue weighted by molar-refractivity contribution is 0.0394. The minimum Gasteiger partial charge on any atom is -0.446 e. The fraction of sp³-hybridized carbons (Fsp3) is 0.357. The third-order valence-corrected chi connectivity index (χ3v) is 2.26. The van der Waals surface area contributed by atoms with Crippen molar-refractivity contribution in [3.63, 3.8) is 0 Å². The molecule has 0 amide bonds. The molecule has 1 atom stereocenters. The van der Waals surface area contributed by atoms with Crippen LogP contribution in [-0.2, 0) is 4.74 Å². The van der Waals surface area contributed by atoms with Crippen molar-refractivity contribution in [1.82, 2.24) is 0 Å². The number of esters is 1. The zero-order chi connectivity index (χ0) is 11.8. The van der Waals surface area contributed by atoms with Crippen molar-refractivity contribution in [2.75, 3.05) is 0 Å². The van der Waals surface area contributed by atoms with Crippen LogP contribution in [0.3, 0.4) is 0 Å². The third kappa shape index (κ3) is 3.78. The van der Waals surface area contributed by atoms with Gasteiger partial charge in [-0.25, -0.2) is 4.79 Å². The van der Waals surface area contributed by atoms with Gasteiger partial charge < -0.3 is 4.74 Å². The molecule has 0 aliphatic heterocycles. The lowest BCUT2D eigenvalue weighted by Gasteiger charge is -2.11. The third-order valence-electron chi connectivity index (χ3n) is 2.26. The lowest BCUT2D eigenvalue weighted by atomic mass is 10.1. The average Bonchev–Trinajstić information content (AvgIpc) is 2.35. The Morgan fingerprint density at radius 2 is 2.12 bits per heavy atom. The van der Waals surface area contributed by atoms with Gasteiger partial charge in [0.25, 0.3) is 0 Å². The highest BCUT2D eigenvalue weighted by Crippen LogP contribution is 2.08. The zero-order valence-corrected chi connectivity index (χ0v) is 9.48. The smallest absolute Gasteiger partial charge is 0.339 e. The number of terminal acetylenes is 1. The first kappa shape index (κ1) is 12.3. The van der Waals surface area contributed by atoms with Crippen LogP contribution < -0.4 is 0 Å². The fourth-order valence-corrected chi connectivity index (χ4v) is 1.34. The van der Waals surface area contributed by atoms with Crippen LogP contribution in [0.4, 0.5) is 0 Å². The summed E-state index contributed by atoms with van der Waals surface area (Å²) < 4.78 is 5.21. The number of benzene rings is 1. The summed E-state index contributed by atoms with van der Waals surface area (Å²) in [5.41, 5.74) is 0.541. The summed E-state index contributed by atoms with van der Waals surface area (Å²) in [4.78, 5) is 11.7. The molecule has 2 heteroatoms. The molecule has 0 fully saturated rings. The summed E-state index contributed by atoms with van der Waals surface area (Å²) in [5.74, 6) is 2.15. The molecular weight excluding hydrogens is 200 g/mol. The van der Waals surface area contributed by atoms with Crippen LogP contribution in [0.5, 0.6) is 0 Å². The molecule has 1 unspecified atom stereocenters. The molecule has 0 radical (unpaired) electrons. The van der Waals surface area contributed by atoms with E-state index in [1.54, 1.807) is 24.3 Å². The van der Waals surface area contributed by atoms with Crippen molar-refractivity contribution in [1.29, 1.82) is 0 Å². The minimum absolute atomic E-state index is 0.348. The lowest BCUT2D eigenvalue weighted by Crippen LogP contribution is -2.16. The van der Waals surface area contributed by atoms with E-state index in [0.29, 0.717) is 5.56 Å². The fourth-order valence-electron chi connectivity index (χ4n) is 1.34. The second kappa shape index (κ2) is 6.68. The van der Waals surface area contributed by atoms with Crippen molar-refractivity contribution in [3.05, 3.63) is 35.9 Å². The van der Waals surface area contributed by atoms with Gasteiger partial charge in [0.05, 0.1) is 5.56 Å². The molecule has 1 rings (SSSR count). The van der Waals surface area contributed by atoms with Gasteiger partial charge >= 0.3 is 5.97 Å². The molecular formula is C14H16O2. The Kier molecular flexibility index (Phi) is 5.15. The van der Waals surface area contributed by atoms with Gasteiger partial charge in [0.1, 0.15) is 0 Å². The second-order valence-corrected chi connectivity index (χ2v) is 3.57. The van der Waals surface area contributed by atoms with E-state index in [-0.39, 0.29) is 5.97 Å². The van der Waals surface area contributed by atoms with Crippen molar-refractivity contribution >= 4 is 5.97 Å². The van der Waals surface area contributed by atoms with E-state index in [0.717, 1.165) is 19.3 Å². The monoisotopic (exact) mass is 216 g/mol. The van der Waals surface area contributed by atoms with Crippen molar-refractivity contribution in [2.45, 2.75) is 32.3 Å². The summed E-state index contributed by atoms with van der Waals surface area (Å²) in [6.07, 6.45) is 7.64. The summed E-state index contributed by atoms with van der Waals surface area (Å²) in [6, 6.07) is 8.89. The van der Waals surface area contributed by atoms with Crippen LogP contribution in [0.15, 0.2) is 30.3 Å². The summed E-state index contributed by atoms with van der Waals surface area (Å²) in [5, 5.41) is 0. The maximum atomic E-state index is 11.7. The first-order chi connectivity index (χ1) is 7.77. The predicted molar refractivity (Wildman–Crippen MR) is 64.0 cm³/mol. The van der Waals surface area contributed by atoms with Crippen LogP contribution in [0.25, 0.3) is 0 Å². The number of unbranched alkanes of at least 4 members (excludes halogenated alkanes) is 1. The highest BCUT2D eigenvalue weighted by molar-refractivity contribution is 5.89. The summed E-state index contributed by atoms with van der Waals surface area (Å²) in [7, 11) is 0. The van der Waals surface area contributed by atoms with Crippen molar-refractivity contribution < 1.29 is 9.53 Å². The number of hydrogen-bond acceptors (Lipinski definition) is 2. The Bertz CT molecular complexity index is 362. The van der Waals surface area contributed by atoms with Crippen LogP contribution in [0, 0.1) is 12.3 Å². The number of carbonyl (C=O) groups is 1. The van der Waals surface area contributed by atoms with Gasteiger partial charge in [-0.15, -0.1) is 6.42 Å². The molecule has 0 aliphatic carbocycles. The quantitative estimate of drug-likeness (QED) is 0.558. The van der Waals surface area contributed by atoms with Crippen LogP contribution in [0.2, 0.25) is 0 Å². The van der Waals surface area contributed by atoms with Crippen LogP contribution in [-0.4, -0.2) is 12.1 Å². The topological polar surface area (TPSA) is 26.3 Å². The number of carbonyl (C=O) groups excluding carboxylic acids is 1. The Labute approximate surface area is 96.6 Å². The molecule has 1 aromatic carbocycles. The highest BCUT2D eigenvalue weighted by atomic mass is 16.5. The van der Waals surface area contributed by atoms with E-state index in [2.05, 4.69) is 12.8 Å². The van der Waals surface area contributed by atoms with Gasteiger partial charge in [0, 0.05) is 0 Å². The van der Waals surface area contributed by atoms with E-state index in [1.807, 2.05) is 6.07 Å². The van der Waals surface area contributed by atoms with Gasteiger partial charge in [0.2, 0.25) is 0 Å². The van der Waals surface area contributed by atoms with E-state index in [4.69, 9.17) is 11.2 Å². The first-order valence-electron chi connectivity index (χ1n) is 5.50. The number of hydrogen-bond donors (Lipinski definition) is 0. The maximum Gasteiger partial charge on any atom is 0.339 e. The average molecular weight is 216 g/mol. The maximum absolute atomic E-state index is 11.7. The van der Waals surface area contributed by atoms with Gasteiger partial charge in [-0.1, -0.05) is 37.5 Å². The Morgan fingerprint density at radius 3 is 2.69 bits per heavy atom. The Hall–Kier alpha value is -1.75. The Balaban J connectivity index is 2.53. The van der Waals surface area contributed by atoms with Crippen molar-refractivity contribution in [3.8, 4) is 12.3 Å². The highest BCUT2D eigenvalue weighted by Gasteiger charge is 2.12. The molecule has 0 saturated carbocycles. The van der Waals surface area contributed by atoms with E-state index in [9.17, 15) is 4.79 Å². The van der Waals surface area contributed by atoms with E-state index < -0.39 is 6.10 Å². The first-order valence-corrected chi connectivity index (χ1v) is 5.50. The molecule has 1 aromatic rings. The SMILES string of the molecule is C#CC(CCCC)OC(=O)c1ccccc1. The predicted octanol–water partition coefficient (Wildman–Crippen LogP) is 3.04. The molecule has 0 N–H and O–H groups in total. The van der Waals surface area contributed by atoms with Gasteiger partial charge in [-0.05, 0) is 25.0 Å². The minimum atomic E-state index is -0.410. The second-order valence-electron chi connectivity index (χ2n) is 3.57. The zero-order valence-electron chi connectivity index (χ0n) is 9.48. The van der Waals surface area contributed by atoms with Crippen LogP contribution in [0.1, 0.15) is 36.5 Å². The number of rotatable bonds is 5. The summed E-state index contributed by atoms with van der Waals surface area (Å²) >= 11 is 0. The number of ether oxygens (including phenoxy) is 1. The van der Waals surface area contributed by atoms with Gasteiger partial charge in [-0.2, -0.15) is 0 Å². The van der Waals surface area contributed by atoms with E-state index in [1.165, 1.54) is 0 Å². The molecule has 0 heterocycles. The van der Waals surface area contributed by atoms with E-state index >= 15 is 0 Å². The normalized spacial score (nSPS) is 11.5. The molecule has 0 saturated heterocycles. The van der Waals surface area contributed by atoms with Crippen LogP contribution >= 0.6 is 0 Å². The van der Waals surface area contributed by atoms with Gasteiger partial charge in [-0.3, -0.25) is 0 Å². The Morgan fingerprint density at radius 1 is 1.44 bits per heavy atom. The van der Waals surface area contributed by atoms with Crippen molar-refractivity contribution in [2.24, 2.45) is 0 Å². The molecule has 0 spiro atoms. The molecule has 2 nitrogen and oxygen atoms in total. The molecule has 0 aromatic heterocycles. The molecule has 0 aliphatic rings. The standard InChI is InChI=1S/C14H16O2/c1-3-5-11-13(4-2)16-14(15)12-9-7-6-8-10-12/h2,6-10,13H,3,5,11H2,1H3. The molecule has 84 valence electrons. The summed E-state index contributed by atoms with van der Waals surface area (Å²) in [6.45, 7) is 2.08. The van der Waals surface area contributed by atoms with Gasteiger partial charge in [0.15, 0.2) is 6.10 Å². The molecule has 16 heavy (non-hydrogen) atoms.